The maximum atomic E-state index is 10.4. The third-order valence-corrected chi connectivity index (χ3v) is 4.64. The van der Waals surface area contributed by atoms with Gasteiger partial charge in [0.1, 0.15) is 5.75 Å². The Bertz CT molecular complexity index is 624. The first kappa shape index (κ1) is 13.7. The number of rotatable bonds is 3. The first-order valence-corrected chi connectivity index (χ1v) is 7.56. The second kappa shape index (κ2) is 5.58. The summed E-state index contributed by atoms with van der Waals surface area (Å²) in [6.07, 6.45) is 1.46. The number of fused-ring (bicyclic) bond motifs is 1. The smallest absolute Gasteiger partial charge is 0.133 e. The minimum Gasteiger partial charge on any atom is -0.496 e. The molecule has 0 aromatic heterocycles. The molecule has 0 fully saturated rings. The molecule has 1 aliphatic rings. The predicted molar refractivity (Wildman–Crippen MR) is 83.0 cm³/mol. The van der Waals surface area contributed by atoms with Gasteiger partial charge in [0, 0.05) is 0 Å². The van der Waals surface area contributed by atoms with Crippen molar-refractivity contribution in [2.24, 2.45) is 5.92 Å². The molecule has 0 aliphatic heterocycles. The van der Waals surface area contributed by atoms with E-state index in [1.165, 1.54) is 11.1 Å². The van der Waals surface area contributed by atoms with Crippen LogP contribution in [0.25, 0.3) is 0 Å². The minimum atomic E-state index is -0.355. The van der Waals surface area contributed by atoms with Gasteiger partial charge in [0.2, 0.25) is 0 Å². The molecule has 0 heterocycles. The summed E-state index contributed by atoms with van der Waals surface area (Å²) >= 11 is 3.51. The second-order valence-corrected chi connectivity index (χ2v) is 6.14. The first-order valence-electron chi connectivity index (χ1n) is 6.77. The lowest BCUT2D eigenvalue weighted by Gasteiger charge is -2.15. The molecule has 2 unspecified atom stereocenters. The highest BCUT2D eigenvalue weighted by molar-refractivity contribution is 9.10. The topological polar surface area (TPSA) is 29.5 Å². The Labute approximate surface area is 127 Å². The van der Waals surface area contributed by atoms with E-state index in [0.29, 0.717) is 0 Å². The normalized spacial score (nSPS) is 20.8. The van der Waals surface area contributed by atoms with Crippen molar-refractivity contribution in [2.75, 3.05) is 7.11 Å². The standard InChI is InChI=1S/C17H17BrO2/c1-20-16-7-6-11(9-15(16)18)8-13-10-12-4-2-3-5-14(12)17(13)19/h2-7,9,13,17,19H,8,10H2,1H3. The fourth-order valence-electron chi connectivity index (χ4n) is 2.98. The highest BCUT2D eigenvalue weighted by atomic mass is 79.9. The van der Waals surface area contributed by atoms with Gasteiger partial charge in [0.25, 0.3) is 0 Å². The monoisotopic (exact) mass is 332 g/mol. The van der Waals surface area contributed by atoms with Gasteiger partial charge in [0.15, 0.2) is 0 Å². The van der Waals surface area contributed by atoms with Gasteiger partial charge in [-0.05, 0) is 63.5 Å². The van der Waals surface area contributed by atoms with E-state index in [4.69, 9.17) is 4.74 Å². The summed E-state index contributed by atoms with van der Waals surface area (Å²) in [6, 6.07) is 14.3. The van der Waals surface area contributed by atoms with E-state index < -0.39 is 0 Å². The van der Waals surface area contributed by atoms with Crippen LogP contribution >= 0.6 is 15.9 Å². The molecular weight excluding hydrogens is 316 g/mol. The number of aliphatic hydroxyl groups is 1. The number of benzene rings is 2. The van der Waals surface area contributed by atoms with Crippen LogP contribution in [0, 0.1) is 5.92 Å². The molecule has 104 valence electrons. The van der Waals surface area contributed by atoms with E-state index in [1.807, 2.05) is 24.3 Å². The van der Waals surface area contributed by atoms with Crippen LogP contribution in [0.5, 0.6) is 5.75 Å². The van der Waals surface area contributed by atoms with Crippen molar-refractivity contribution in [1.29, 1.82) is 0 Å². The van der Waals surface area contributed by atoms with Crippen molar-refractivity contribution in [1.82, 2.24) is 0 Å². The Morgan fingerprint density at radius 3 is 2.75 bits per heavy atom. The number of aliphatic hydroxyl groups excluding tert-OH is 1. The number of hydrogen-bond acceptors (Lipinski definition) is 2. The lowest BCUT2D eigenvalue weighted by molar-refractivity contribution is 0.123. The molecule has 0 spiro atoms. The maximum absolute atomic E-state index is 10.4. The van der Waals surface area contributed by atoms with Gasteiger partial charge in [0.05, 0.1) is 17.7 Å². The Hall–Kier alpha value is -1.32. The molecule has 0 bridgehead atoms. The van der Waals surface area contributed by atoms with Crippen LogP contribution in [0.3, 0.4) is 0 Å². The summed E-state index contributed by atoms with van der Waals surface area (Å²) in [4.78, 5) is 0. The number of hydrogen-bond donors (Lipinski definition) is 1. The van der Waals surface area contributed by atoms with Gasteiger partial charge < -0.3 is 9.84 Å². The van der Waals surface area contributed by atoms with E-state index in [9.17, 15) is 5.11 Å². The van der Waals surface area contributed by atoms with Crippen molar-refractivity contribution in [3.8, 4) is 5.75 Å². The maximum Gasteiger partial charge on any atom is 0.133 e. The van der Waals surface area contributed by atoms with E-state index in [-0.39, 0.29) is 12.0 Å². The molecule has 0 radical (unpaired) electrons. The van der Waals surface area contributed by atoms with E-state index in [2.05, 4.69) is 34.1 Å². The average molecular weight is 333 g/mol. The summed E-state index contributed by atoms with van der Waals surface area (Å²) in [6.45, 7) is 0. The van der Waals surface area contributed by atoms with E-state index >= 15 is 0 Å². The number of ether oxygens (including phenoxy) is 1. The fourth-order valence-corrected chi connectivity index (χ4v) is 3.57. The lowest BCUT2D eigenvalue weighted by Crippen LogP contribution is -2.10. The van der Waals surface area contributed by atoms with Crippen LogP contribution in [-0.2, 0) is 12.8 Å². The van der Waals surface area contributed by atoms with Gasteiger partial charge in [-0.25, -0.2) is 0 Å². The van der Waals surface area contributed by atoms with Gasteiger partial charge in [-0.15, -0.1) is 0 Å². The molecule has 1 N–H and O–H groups in total. The second-order valence-electron chi connectivity index (χ2n) is 5.28. The highest BCUT2D eigenvalue weighted by Crippen LogP contribution is 2.38. The summed E-state index contributed by atoms with van der Waals surface area (Å²) in [7, 11) is 1.66. The molecule has 2 atom stereocenters. The van der Waals surface area contributed by atoms with Crippen LogP contribution < -0.4 is 4.74 Å². The molecule has 0 saturated carbocycles. The predicted octanol–water partition coefficient (Wildman–Crippen LogP) is 3.91. The molecule has 0 saturated heterocycles. The van der Waals surface area contributed by atoms with Crippen molar-refractivity contribution in [3.05, 3.63) is 63.6 Å². The molecule has 20 heavy (non-hydrogen) atoms. The fraction of sp³-hybridized carbons (Fsp3) is 0.294. The Morgan fingerprint density at radius 2 is 2.05 bits per heavy atom. The molecule has 1 aliphatic carbocycles. The van der Waals surface area contributed by atoms with Crippen LogP contribution in [0.4, 0.5) is 0 Å². The zero-order valence-corrected chi connectivity index (χ0v) is 12.9. The van der Waals surface area contributed by atoms with Gasteiger partial charge in [-0.3, -0.25) is 0 Å². The van der Waals surface area contributed by atoms with Gasteiger partial charge in [-0.2, -0.15) is 0 Å². The van der Waals surface area contributed by atoms with Crippen molar-refractivity contribution in [2.45, 2.75) is 18.9 Å². The van der Waals surface area contributed by atoms with Crippen LogP contribution in [0.2, 0.25) is 0 Å². The van der Waals surface area contributed by atoms with E-state index in [0.717, 1.165) is 28.6 Å². The Morgan fingerprint density at radius 1 is 1.25 bits per heavy atom. The molecule has 2 aromatic rings. The molecule has 2 aromatic carbocycles. The number of methoxy groups -OCH3 is 1. The SMILES string of the molecule is COc1ccc(CC2Cc3ccccc3C2O)cc1Br. The molecule has 0 amide bonds. The van der Waals surface area contributed by atoms with Gasteiger partial charge in [-0.1, -0.05) is 30.3 Å². The summed E-state index contributed by atoms with van der Waals surface area (Å²) in [5.41, 5.74) is 3.58. The lowest BCUT2D eigenvalue weighted by atomic mass is 9.94. The Kier molecular flexibility index (Phi) is 3.81. The van der Waals surface area contributed by atoms with Crippen molar-refractivity contribution in [3.63, 3.8) is 0 Å². The third-order valence-electron chi connectivity index (χ3n) is 4.02. The van der Waals surface area contributed by atoms with Crippen molar-refractivity contribution >= 4 is 15.9 Å². The largest absolute Gasteiger partial charge is 0.496 e. The Balaban J connectivity index is 1.78. The molecule has 3 heteroatoms. The van der Waals surface area contributed by atoms with Crippen LogP contribution in [0.15, 0.2) is 46.9 Å². The zero-order chi connectivity index (χ0) is 14.1. The van der Waals surface area contributed by atoms with Crippen LogP contribution in [0.1, 0.15) is 22.8 Å². The minimum absolute atomic E-state index is 0.257. The highest BCUT2D eigenvalue weighted by Gasteiger charge is 2.30. The van der Waals surface area contributed by atoms with Crippen molar-refractivity contribution < 1.29 is 9.84 Å². The van der Waals surface area contributed by atoms with Crippen LogP contribution in [-0.4, -0.2) is 12.2 Å². The van der Waals surface area contributed by atoms with E-state index in [1.54, 1.807) is 7.11 Å². The number of halogens is 1. The third kappa shape index (κ3) is 2.48. The molecular formula is C17H17BrO2. The molecule has 2 nitrogen and oxygen atoms in total. The van der Waals surface area contributed by atoms with Gasteiger partial charge >= 0.3 is 0 Å². The average Bonchev–Trinajstić information content (AvgIpc) is 2.76. The zero-order valence-electron chi connectivity index (χ0n) is 11.3. The summed E-state index contributed by atoms with van der Waals surface area (Å²) in [5, 5.41) is 10.4. The first-order chi connectivity index (χ1) is 9.69. The molecule has 3 rings (SSSR count). The summed E-state index contributed by atoms with van der Waals surface area (Å²) < 4.78 is 6.21. The summed E-state index contributed by atoms with van der Waals surface area (Å²) in [5.74, 6) is 1.09. The quantitative estimate of drug-likeness (QED) is 0.923.